The maximum absolute atomic E-state index is 13.5. The second-order valence-corrected chi connectivity index (χ2v) is 6.68. The first kappa shape index (κ1) is 14.1. The number of halogens is 2. The zero-order chi connectivity index (χ0) is 13.2. The van der Waals surface area contributed by atoms with Gasteiger partial charge in [0.1, 0.15) is 16.5 Å². The third-order valence-corrected chi connectivity index (χ3v) is 3.71. The molecular weight excluding hydrogens is 244 g/mol. The Morgan fingerprint density at radius 2 is 1.71 bits per heavy atom. The van der Waals surface area contributed by atoms with Crippen molar-refractivity contribution in [3.8, 4) is 0 Å². The fourth-order valence-corrected chi connectivity index (χ4v) is 2.85. The highest BCUT2D eigenvalue weighted by molar-refractivity contribution is 7.85. The van der Waals surface area contributed by atoms with Crippen molar-refractivity contribution in [3.05, 3.63) is 23.8 Å². The van der Waals surface area contributed by atoms with Crippen molar-refractivity contribution in [1.29, 1.82) is 0 Å². The summed E-state index contributed by atoms with van der Waals surface area (Å²) < 4.78 is 38.8. The Hall–Kier alpha value is -0.970. The molecule has 2 nitrogen and oxygen atoms in total. The molecule has 5 heteroatoms. The van der Waals surface area contributed by atoms with E-state index in [0.29, 0.717) is 6.42 Å². The normalized spacial score (nSPS) is 13.7. The Balaban J connectivity index is 2.90. The van der Waals surface area contributed by atoms with E-state index in [9.17, 15) is 13.0 Å². The van der Waals surface area contributed by atoms with Crippen molar-refractivity contribution in [1.82, 2.24) is 0 Å². The lowest BCUT2D eigenvalue weighted by molar-refractivity contribution is 0.399. The van der Waals surface area contributed by atoms with Gasteiger partial charge in [0.15, 0.2) is 0 Å². The lowest BCUT2D eigenvalue weighted by atomic mass is 9.94. The summed E-state index contributed by atoms with van der Waals surface area (Å²) in [5, 5.41) is 0. The first-order valence-corrected chi connectivity index (χ1v) is 6.65. The fraction of sp³-hybridized carbons (Fsp3) is 0.500. The molecule has 0 saturated heterocycles. The summed E-state index contributed by atoms with van der Waals surface area (Å²) in [6.07, 6.45) is 0.628. The number of benzene rings is 1. The molecule has 1 aromatic rings. The van der Waals surface area contributed by atoms with Crippen molar-refractivity contribution >= 4 is 16.5 Å². The van der Waals surface area contributed by atoms with Gasteiger partial charge < -0.3 is 5.73 Å². The Morgan fingerprint density at radius 3 is 2.12 bits per heavy atom. The highest BCUT2D eigenvalue weighted by atomic mass is 32.2. The first-order valence-electron chi connectivity index (χ1n) is 5.33. The monoisotopic (exact) mass is 261 g/mol. The van der Waals surface area contributed by atoms with Crippen LogP contribution < -0.4 is 5.73 Å². The minimum atomic E-state index is -1.67. The molecule has 0 amide bonds. The van der Waals surface area contributed by atoms with Gasteiger partial charge in [-0.15, -0.1) is 0 Å². The molecule has 2 N–H and O–H groups in total. The van der Waals surface area contributed by atoms with E-state index in [1.165, 1.54) is 0 Å². The van der Waals surface area contributed by atoms with Crippen molar-refractivity contribution in [3.63, 3.8) is 0 Å². The lowest BCUT2D eigenvalue weighted by Crippen LogP contribution is -2.12. The van der Waals surface area contributed by atoms with Gasteiger partial charge in [-0.3, -0.25) is 4.21 Å². The molecule has 0 aliphatic heterocycles. The quantitative estimate of drug-likeness (QED) is 0.850. The lowest BCUT2D eigenvalue weighted by Gasteiger charge is -2.17. The van der Waals surface area contributed by atoms with Gasteiger partial charge in [0, 0.05) is 11.4 Å². The first-order chi connectivity index (χ1) is 7.70. The van der Waals surface area contributed by atoms with Gasteiger partial charge in [-0.25, -0.2) is 8.78 Å². The van der Waals surface area contributed by atoms with E-state index in [1.54, 1.807) is 0 Å². The van der Waals surface area contributed by atoms with E-state index in [2.05, 4.69) is 0 Å². The Labute approximate surface area is 103 Å². The van der Waals surface area contributed by atoms with E-state index in [1.807, 2.05) is 20.8 Å². The van der Waals surface area contributed by atoms with E-state index in [-0.39, 0.29) is 21.8 Å². The predicted octanol–water partition coefficient (Wildman–Crippen LogP) is 3.09. The molecule has 0 bridgehead atoms. The zero-order valence-corrected chi connectivity index (χ0v) is 11.0. The third-order valence-electron chi connectivity index (χ3n) is 2.29. The summed E-state index contributed by atoms with van der Waals surface area (Å²) >= 11 is 0. The van der Waals surface area contributed by atoms with Crippen LogP contribution in [0.3, 0.4) is 0 Å². The summed E-state index contributed by atoms with van der Waals surface area (Å²) in [5.74, 6) is -1.44. The second-order valence-electron chi connectivity index (χ2n) is 5.17. The molecule has 1 aromatic carbocycles. The largest absolute Gasteiger partial charge is 0.399 e. The van der Waals surface area contributed by atoms with Crippen molar-refractivity contribution in [2.45, 2.75) is 32.1 Å². The Morgan fingerprint density at radius 1 is 1.24 bits per heavy atom. The van der Waals surface area contributed by atoms with Gasteiger partial charge in [-0.1, -0.05) is 20.8 Å². The van der Waals surface area contributed by atoms with Crippen LogP contribution >= 0.6 is 0 Å². The molecular formula is C12H17F2NOS. The van der Waals surface area contributed by atoms with Crippen LogP contribution in [0.5, 0.6) is 0 Å². The molecule has 1 unspecified atom stereocenters. The molecule has 0 spiro atoms. The average molecular weight is 261 g/mol. The number of nitrogen functional groups attached to an aromatic ring is 1. The Bertz CT molecular complexity index is 418. The van der Waals surface area contributed by atoms with Gasteiger partial charge in [0.05, 0.1) is 10.8 Å². The van der Waals surface area contributed by atoms with Gasteiger partial charge in [-0.2, -0.15) is 0 Å². The van der Waals surface area contributed by atoms with E-state index in [0.717, 1.165) is 12.1 Å². The van der Waals surface area contributed by atoms with Crippen LogP contribution in [0.1, 0.15) is 27.2 Å². The molecule has 1 rings (SSSR count). The molecule has 1 atom stereocenters. The number of nitrogens with two attached hydrogens (primary N) is 1. The minimum absolute atomic E-state index is 0.00317. The van der Waals surface area contributed by atoms with Crippen LogP contribution in [0.15, 0.2) is 17.0 Å². The van der Waals surface area contributed by atoms with Crippen molar-refractivity contribution in [2.24, 2.45) is 5.41 Å². The van der Waals surface area contributed by atoms with Crippen molar-refractivity contribution in [2.75, 3.05) is 11.5 Å². The van der Waals surface area contributed by atoms with Crippen LogP contribution in [0.2, 0.25) is 0 Å². The van der Waals surface area contributed by atoms with Crippen molar-refractivity contribution < 1.29 is 13.0 Å². The van der Waals surface area contributed by atoms with Crippen LogP contribution in [-0.4, -0.2) is 9.96 Å². The fourth-order valence-electron chi connectivity index (χ4n) is 1.30. The smallest absolute Gasteiger partial charge is 0.144 e. The third kappa shape index (κ3) is 4.07. The van der Waals surface area contributed by atoms with E-state index in [4.69, 9.17) is 5.73 Å². The van der Waals surface area contributed by atoms with Gasteiger partial charge in [0.25, 0.3) is 0 Å². The SMILES string of the molecule is CC(C)(C)CCS(=O)c1c(F)cc(N)cc1F. The molecule has 17 heavy (non-hydrogen) atoms. The molecule has 0 radical (unpaired) electrons. The summed E-state index contributed by atoms with van der Waals surface area (Å²) in [4.78, 5) is -0.372. The topological polar surface area (TPSA) is 43.1 Å². The Kier molecular flexibility index (Phi) is 4.25. The van der Waals surface area contributed by atoms with Gasteiger partial charge >= 0.3 is 0 Å². The molecule has 0 aromatic heterocycles. The van der Waals surface area contributed by atoms with Crippen LogP contribution in [0.4, 0.5) is 14.5 Å². The van der Waals surface area contributed by atoms with Crippen LogP contribution in [0, 0.1) is 17.0 Å². The zero-order valence-electron chi connectivity index (χ0n) is 10.2. The molecule has 0 aliphatic carbocycles. The predicted molar refractivity (Wildman–Crippen MR) is 66.1 cm³/mol. The highest BCUT2D eigenvalue weighted by Crippen LogP contribution is 2.24. The highest BCUT2D eigenvalue weighted by Gasteiger charge is 2.19. The minimum Gasteiger partial charge on any atom is -0.399 e. The molecule has 0 saturated carbocycles. The van der Waals surface area contributed by atoms with E-state index < -0.39 is 22.4 Å². The number of hydrogen-bond acceptors (Lipinski definition) is 2. The molecule has 0 heterocycles. The van der Waals surface area contributed by atoms with E-state index >= 15 is 0 Å². The maximum atomic E-state index is 13.5. The second kappa shape index (κ2) is 5.12. The summed E-state index contributed by atoms with van der Waals surface area (Å²) in [6.45, 7) is 5.96. The van der Waals surface area contributed by atoms with Gasteiger partial charge in [-0.05, 0) is 24.0 Å². The maximum Gasteiger partial charge on any atom is 0.144 e. The molecule has 0 fully saturated rings. The standard InChI is InChI=1S/C12H17F2NOS/c1-12(2,3)4-5-17(16)11-9(13)6-8(15)7-10(11)14/h6-7H,4-5,15H2,1-3H3. The summed E-state index contributed by atoms with van der Waals surface area (Å²) in [7, 11) is -1.67. The summed E-state index contributed by atoms with van der Waals surface area (Å²) in [5.41, 5.74) is 5.27. The summed E-state index contributed by atoms with van der Waals surface area (Å²) in [6, 6.07) is 1.99. The average Bonchev–Trinajstić information content (AvgIpc) is 2.11. The number of anilines is 1. The number of rotatable bonds is 3. The number of hydrogen-bond donors (Lipinski definition) is 1. The molecule has 0 aliphatic rings. The van der Waals surface area contributed by atoms with Gasteiger partial charge in [0.2, 0.25) is 0 Å². The van der Waals surface area contributed by atoms with Crippen LogP contribution in [-0.2, 0) is 10.8 Å². The van der Waals surface area contributed by atoms with Crippen LogP contribution in [0.25, 0.3) is 0 Å². The molecule has 96 valence electrons.